The van der Waals surface area contributed by atoms with Crippen LogP contribution in [-0.4, -0.2) is 62.9 Å². The standard InChI is InChI=1S/C13H26N2O3/c1-4-14-12(13(16)17-3)10-15(5-2)9-11-7-6-8-18-11/h11-12,14H,4-10H2,1-3H3. The SMILES string of the molecule is CCNC(CN(CC)CC1CCCO1)C(=O)OC. The van der Waals surface area contributed by atoms with E-state index in [1.165, 1.54) is 7.11 Å². The third-order valence-corrected chi connectivity index (χ3v) is 3.31. The normalized spacial score (nSPS) is 21.2. The molecule has 0 aromatic carbocycles. The van der Waals surface area contributed by atoms with Gasteiger partial charge in [0, 0.05) is 19.7 Å². The van der Waals surface area contributed by atoms with Gasteiger partial charge in [-0.05, 0) is 25.9 Å². The van der Waals surface area contributed by atoms with E-state index in [0.29, 0.717) is 12.6 Å². The van der Waals surface area contributed by atoms with Crippen LogP contribution in [0.5, 0.6) is 0 Å². The van der Waals surface area contributed by atoms with Crippen molar-refractivity contribution in [1.82, 2.24) is 10.2 Å². The van der Waals surface area contributed by atoms with Gasteiger partial charge in [-0.3, -0.25) is 9.69 Å². The number of esters is 1. The maximum absolute atomic E-state index is 11.6. The highest BCUT2D eigenvalue weighted by atomic mass is 16.5. The summed E-state index contributed by atoms with van der Waals surface area (Å²) >= 11 is 0. The molecular weight excluding hydrogens is 232 g/mol. The Bertz CT molecular complexity index is 242. The van der Waals surface area contributed by atoms with Crippen molar-refractivity contribution in [2.75, 3.05) is 39.9 Å². The quantitative estimate of drug-likeness (QED) is 0.647. The van der Waals surface area contributed by atoms with Crippen LogP contribution in [0, 0.1) is 0 Å². The molecule has 0 aromatic rings. The lowest BCUT2D eigenvalue weighted by Crippen LogP contribution is -2.48. The zero-order valence-corrected chi connectivity index (χ0v) is 11.8. The zero-order valence-electron chi connectivity index (χ0n) is 11.8. The minimum atomic E-state index is -0.249. The predicted molar refractivity (Wildman–Crippen MR) is 70.6 cm³/mol. The molecule has 2 unspecified atom stereocenters. The molecule has 0 spiro atoms. The molecular formula is C13H26N2O3. The van der Waals surface area contributed by atoms with E-state index in [1.807, 2.05) is 6.92 Å². The Morgan fingerprint density at radius 3 is 2.83 bits per heavy atom. The Balaban J connectivity index is 2.44. The van der Waals surface area contributed by atoms with Crippen molar-refractivity contribution < 1.29 is 14.3 Å². The maximum Gasteiger partial charge on any atom is 0.324 e. The second-order valence-electron chi connectivity index (χ2n) is 4.62. The number of carbonyl (C=O) groups excluding carboxylic acids is 1. The van der Waals surface area contributed by atoms with Gasteiger partial charge in [-0.15, -0.1) is 0 Å². The second kappa shape index (κ2) is 8.45. The largest absolute Gasteiger partial charge is 0.468 e. The molecule has 0 amide bonds. The molecule has 106 valence electrons. The van der Waals surface area contributed by atoms with Crippen LogP contribution in [0.25, 0.3) is 0 Å². The first-order valence-electron chi connectivity index (χ1n) is 6.86. The lowest BCUT2D eigenvalue weighted by atomic mass is 10.2. The lowest BCUT2D eigenvalue weighted by Gasteiger charge is -2.27. The minimum Gasteiger partial charge on any atom is -0.468 e. The summed E-state index contributed by atoms with van der Waals surface area (Å²) in [6, 6.07) is -0.249. The van der Waals surface area contributed by atoms with Crippen molar-refractivity contribution >= 4 is 5.97 Å². The summed E-state index contributed by atoms with van der Waals surface area (Å²) < 4.78 is 10.5. The highest BCUT2D eigenvalue weighted by molar-refractivity contribution is 5.75. The molecule has 0 bridgehead atoms. The molecule has 0 radical (unpaired) electrons. The number of hydrogen-bond acceptors (Lipinski definition) is 5. The maximum atomic E-state index is 11.6. The van der Waals surface area contributed by atoms with Crippen molar-refractivity contribution in [2.45, 2.75) is 38.8 Å². The van der Waals surface area contributed by atoms with Gasteiger partial charge in [0.05, 0.1) is 13.2 Å². The summed E-state index contributed by atoms with van der Waals surface area (Å²) in [5.41, 5.74) is 0. The van der Waals surface area contributed by atoms with Gasteiger partial charge in [-0.1, -0.05) is 13.8 Å². The first-order valence-corrected chi connectivity index (χ1v) is 6.86. The molecule has 1 rings (SSSR count). The molecule has 1 fully saturated rings. The summed E-state index contributed by atoms with van der Waals surface area (Å²) in [5, 5.41) is 3.17. The Labute approximate surface area is 110 Å². The van der Waals surface area contributed by atoms with Crippen LogP contribution in [0.1, 0.15) is 26.7 Å². The van der Waals surface area contributed by atoms with Gasteiger partial charge in [0.1, 0.15) is 6.04 Å². The smallest absolute Gasteiger partial charge is 0.324 e. The highest BCUT2D eigenvalue weighted by Crippen LogP contribution is 2.13. The molecule has 5 heteroatoms. The van der Waals surface area contributed by atoms with Crippen LogP contribution in [0.4, 0.5) is 0 Å². The van der Waals surface area contributed by atoms with E-state index < -0.39 is 0 Å². The molecule has 0 saturated carbocycles. The van der Waals surface area contributed by atoms with Crippen molar-refractivity contribution in [3.05, 3.63) is 0 Å². The van der Waals surface area contributed by atoms with E-state index in [-0.39, 0.29) is 12.0 Å². The molecule has 0 aliphatic carbocycles. The van der Waals surface area contributed by atoms with Crippen LogP contribution in [0.3, 0.4) is 0 Å². The fourth-order valence-electron chi connectivity index (χ4n) is 2.28. The average Bonchev–Trinajstić information content (AvgIpc) is 2.89. The third-order valence-electron chi connectivity index (χ3n) is 3.31. The van der Waals surface area contributed by atoms with Gasteiger partial charge in [0.25, 0.3) is 0 Å². The number of nitrogens with one attached hydrogen (secondary N) is 1. The van der Waals surface area contributed by atoms with Gasteiger partial charge >= 0.3 is 5.97 Å². The average molecular weight is 258 g/mol. The number of rotatable bonds is 8. The number of nitrogens with zero attached hydrogens (tertiary/aromatic N) is 1. The molecule has 1 heterocycles. The summed E-state index contributed by atoms with van der Waals surface area (Å²) in [6.45, 7) is 8.22. The van der Waals surface area contributed by atoms with Crippen LogP contribution in [0.15, 0.2) is 0 Å². The number of carbonyl (C=O) groups is 1. The number of ether oxygens (including phenoxy) is 2. The highest BCUT2D eigenvalue weighted by Gasteiger charge is 2.24. The molecule has 1 aliphatic heterocycles. The van der Waals surface area contributed by atoms with Crippen molar-refractivity contribution in [3.63, 3.8) is 0 Å². The number of hydrogen-bond donors (Lipinski definition) is 1. The minimum absolute atomic E-state index is 0.192. The summed E-state index contributed by atoms with van der Waals surface area (Å²) in [5.74, 6) is -0.192. The fourth-order valence-corrected chi connectivity index (χ4v) is 2.28. The molecule has 1 aliphatic rings. The zero-order chi connectivity index (χ0) is 13.4. The van der Waals surface area contributed by atoms with Crippen molar-refractivity contribution in [3.8, 4) is 0 Å². The fraction of sp³-hybridized carbons (Fsp3) is 0.923. The van der Waals surface area contributed by atoms with E-state index in [0.717, 1.165) is 39.1 Å². The Morgan fingerprint density at radius 1 is 1.56 bits per heavy atom. The van der Waals surface area contributed by atoms with Gasteiger partial charge < -0.3 is 14.8 Å². The second-order valence-corrected chi connectivity index (χ2v) is 4.62. The van der Waals surface area contributed by atoms with E-state index in [2.05, 4.69) is 17.1 Å². The van der Waals surface area contributed by atoms with Crippen LogP contribution >= 0.6 is 0 Å². The summed E-state index contributed by atoms with van der Waals surface area (Å²) in [4.78, 5) is 13.9. The molecule has 2 atom stereocenters. The van der Waals surface area contributed by atoms with Gasteiger partial charge in [0.2, 0.25) is 0 Å². The topological polar surface area (TPSA) is 50.8 Å². The van der Waals surface area contributed by atoms with Crippen molar-refractivity contribution in [2.24, 2.45) is 0 Å². The first kappa shape index (κ1) is 15.4. The molecule has 18 heavy (non-hydrogen) atoms. The molecule has 0 aromatic heterocycles. The molecule has 1 saturated heterocycles. The van der Waals surface area contributed by atoms with E-state index in [9.17, 15) is 4.79 Å². The van der Waals surface area contributed by atoms with Crippen LogP contribution < -0.4 is 5.32 Å². The Kier molecular flexibility index (Phi) is 7.23. The molecule has 5 nitrogen and oxygen atoms in total. The van der Waals surface area contributed by atoms with Gasteiger partial charge in [0.15, 0.2) is 0 Å². The third kappa shape index (κ3) is 4.92. The van der Waals surface area contributed by atoms with E-state index >= 15 is 0 Å². The Morgan fingerprint density at radius 2 is 2.33 bits per heavy atom. The predicted octanol–water partition coefficient (Wildman–Crippen LogP) is 0.638. The van der Waals surface area contributed by atoms with E-state index in [4.69, 9.17) is 9.47 Å². The first-order chi connectivity index (χ1) is 8.71. The van der Waals surface area contributed by atoms with Crippen LogP contribution in [0.2, 0.25) is 0 Å². The number of likely N-dealkylation sites (N-methyl/N-ethyl adjacent to an activating group) is 2. The molecule has 1 N–H and O–H groups in total. The lowest BCUT2D eigenvalue weighted by molar-refractivity contribution is -0.143. The van der Waals surface area contributed by atoms with Gasteiger partial charge in [-0.25, -0.2) is 0 Å². The monoisotopic (exact) mass is 258 g/mol. The summed E-state index contributed by atoms with van der Waals surface area (Å²) in [6.07, 6.45) is 2.60. The number of methoxy groups -OCH3 is 1. The van der Waals surface area contributed by atoms with Gasteiger partial charge in [-0.2, -0.15) is 0 Å². The van der Waals surface area contributed by atoms with Crippen LogP contribution in [-0.2, 0) is 14.3 Å². The van der Waals surface area contributed by atoms with Crippen molar-refractivity contribution in [1.29, 1.82) is 0 Å². The summed E-state index contributed by atoms with van der Waals surface area (Å²) in [7, 11) is 1.43. The Hall–Kier alpha value is -0.650. The van der Waals surface area contributed by atoms with E-state index in [1.54, 1.807) is 0 Å².